The third kappa shape index (κ3) is 3.98. The predicted molar refractivity (Wildman–Crippen MR) is 90.4 cm³/mol. The summed E-state index contributed by atoms with van der Waals surface area (Å²) in [5.41, 5.74) is 7.96. The van der Waals surface area contributed by atoms with Crippen LogP contribution in [-0.2, 0) is 4.79 Å². The van der Waals surface area contributed by atoms with Crippen LogP contribution in [0.15, 0.2) is 22.7 Å². The molecule has 1 aliphatic rings. The van der Waals surface area contributed by atoms with E-state index >= 15 is 0 Å². The van der Waals surface area contributed by atoms with Gasteiger partial charge in [-0.3, -0.25) is 4.79 Å². The van der Waals surface area contributed by atoms with Gasteiger partial charge in [0.25, 0.3) is 0 Å². The first-order valence-electron chi connectivity index (χ1n) is 7.60. The van der Waals surface area contributed by atoms with Gasteiger partial charge in [0.1, 0.15) is 0 Å². The van der Waals surface area contributed by atoms with Gasteiger partial charge < -0.3 is 16.0 Å². The molecule has 4 nitrogen and oxygen atoms in total. The molecule has 2 unspecified atom stereocenters. The Morgan fingerprint density at radius 1 is 1.57 bits per heavy atom. The third-order valence-corrected chi connectivity index (χ3v) is 4.63. The van der Waals surface area contributed by atoms with Crippen LogP contribution in [0.25, 0.3) is 0 Å². The number of piperidine rings is 1. The Morgan fingerprint density at radius 2 is 2.33 bits per heavy atom. The number of amides is 1. The van der Waals surface area contributed by atoms with Crippen molar-refractivity contribution in [3.05, 3.63) is 28.2 Å². The number of nitrogens with one attached hydrogen (secondary N) is 1. The lowest BCUT2D eigenvalue weighted by Gasteiger charge is -2.35. The minimum absolute atomic E-state index is 0.0416. The predicted octanol–water partition coefficient (Wildman–Crippen LogP) is 2.82. The van der Waals surface area contributed by atoms with Crippen LogP contribution in [0.4, 0.5) is 5.69 Å². The molecule has 0 aromatic heterocycles. The van der Waals surface area contributed by atoms with E-state index in [2.05, 4.69) is 58.2 Å². The Morgan fingerprint density at radius 3 is 3.00 bits per heavy atom. The second kappa shape index (κ2) is 7.27. The van der Waals surface area contributed by atoms with Crippen LogP contribution in [0.3, 0.4) is 0 Å². The average molecular weight is 354 g/mol. The van der Waals surface area contributed by atoms with Gasteiger partial charge in [-0.1, -0.05) is 28.9 Å². The normalized spacial score (nSPS) is 20.3. The molecule has 5 heteroatoms. The first-order valence-corrected chi connectivity index (χ1v) is 8.39. The van der Waals surface area contributed by atoms with Crippen molar-refractivity contribution in [3.8, 4) is 0 Å². The molecule has 0 spiro atoms. The number of carbonyl (C=O) groups is 1. The molecule has 0 aliphatic carbocycles. The van der Waals surface area contributed by atoms with Gasteiger partial charge in [-0.15, -0.1) is 0 Å². The summed E-state index contributed by atoms with van der Waals surface area (Å²) in [5, 5.41) is 3.46. The quantitative estimate of drug-likeness (QED) is 0.855. The molecule has 1 heterocycles. The van der Waals surface area contributed by atoms with Crippen LogP contribution >= 0.6 is 15.9 Å². The minimum atomic E-state index is -0.184. The molecule has 3 N–H and O–H groups in total. The van der Waals surface area contributed by atoms with Gasteiger partial charge in [0.15, 0.2) is 0 Å². The van der Waals surface area contributed by atoms with E-state index in [1.54, 1.807) is 0 Å². The summed E-state index contributed by atoms with van der Waals surface area (Å²) in [4.78, 5) is 13.8. The maximum absolute atomic E-state index is 11.5. The van der Waals surface area contributed by atoms with Crippen molar-refractivity contribution in [1.82, 2.24) is 5.32 Å². The second-order valence-corrected chi connectivity index (χ2v) is 6.59. The topological polar surface area (TPSA) is 58.4 Å². The lowest BCUT2D eigenvalue weighted by atomic mass is 9.95. The van der Waals surface area contributed by atoms with Crippen molar-refractivity contribution in [2.75, 3.05) is 24.5 Å². The van der Waals surface area contributed by atoms with Gasteiger partial charge in [0.2, 0.25) is 5.91 Å². The zero-order valence-electron chi connectivity index (χ0n) is 12.7. The second-order valence-electron chi connectivity index (χ2n) is 5.67. The summed E-state index contributed by atoms with van der Waals surface area (Å²) in [7, 11) is 0. The monoisotopic (exact) mass is 353 g/mol. The Bertz CT molecular complexity index is 506. The minimum Gasteiger partial charge on any atom is -0.370 e. The molecule has 1 aromatic carbocycles. The largest absolute Gasteiger partial charge is 0.370 e. The molecule has 1 aromatic rings. The summed E-state index contributed by atoms with van der Waals surface area (Å²) in [6.45, 7) is 6.91. The molecule has 21 heavy (non-hydrogen) atoms. The van der Waals surface area contributed by atoms with E-state index in [9.17, 15) is 4.79 Å². The molecular weight excluding hydrogens is 330 g/mol. The van der Waals surface area contributed by atoms with Crippen LogP contribution in [0.1, 0.15) is 38.3 Å². The average Bonchev–Trinajstić information content (AvgIpc) is 2.47. The maximum atomic E-state index is 11.5. The number of anilines is 1. The maximum Gasteiger partial charge on any atom is 0.222 e. The fraction of sp³-hybridized carbons (Fsp3) is 0.562. The molecule has 1 saturated heterocycles. The lowest BCUT2D eigenvalue weighted by molar-refractivity contribution is -0.122. The number of nitrogens with zero attached hydrogens (tertiary/aromatic N) is 1. The van der Waals surface area contributed by atoms with Crippen molar-refractivity contribution >= 4 is 27.5 Å². The number of halogens is 1. The lowest BCUT2D eigenvalue weighted by Crippen LogP contribution is -2.41. The van der Waals surface area contributed by atoms with E-state index in [1.807, 2.05) is 0 Å². The Kier molecular flexibility index (Phi) is 5.65. The van der Waals surface area contributed by atoms with E-state index < -0.39 is 0 Å². The summed E-state index contributed by atoms with van der Waals surface area (Å²) in [6, 6.07) is 6.65. The van der Waals surface area contributed by atoms with Crippen molar-refractivity contribution in [2.45, 2.75) is 32.7 Å². The standard InChI is InChI=1S/C16H24BrN3O/c1-3-19-11(2)14-7-6-13(17)9-15(14)20-8-4-5-12(10-20)16(18)21/h6-7,9,11-12,19H,3-5,8,10H2,1-2H3,(H2,18,21). The highest BCUT2D eigenvalue weighted by atomic mass is 79.9. The highest BCUT2D eigenvalue weighted by Gasteiger charge is 2.26. The number of hydrogen-bond acceptors (Lipinski definition) is 3. The van der Waals surface area contributed by atoms with Crippen molar-refractivity contribution in [1.29, 1.82) is 0 Å². The van der Waals surface area contributed by atoms with Crippen molar-refractivity contribution < 1.29 is 4.79 Å². The molecular formula is C16H24BrN3O. The molecule has 1 aliphatic heterocycles. The number of nitrogens with two attached hydrogens (primary N) is 1. The smallest absolute Gasteiger partial charge is 0.222 e. The van der Waals surface area contributed by atoms with Gasteiger partial charge in [-0.2, -0.15) is 0 Å². The third-order valence-electron chi connectivity index (χ3n) is 4.13. The van der Waals surface area contributed by atoms with E-state index in [4.69, 9.17) is 5.73 Å². The summed E-state index contributed by atoms with van der Waals surface area (Å²) >= 11 is 3.56. The Hall–Kier alpha value is -1.07. The Labute approximate surface area is 135 Å². The number of carbonyl (C=O) groups excluding carboxylic acids is 1. The summed E-state index contributed by atoms with van der Waals surface area (Å²) < 4.78 is 1.06. The number of primary amides is 1. The number of benzene rings is 1. The number of hydrogen-bond donors (Lipinski definition) is 2. The Balaban J connectivity index is 2.28. The molecule has 2 rings (SSSR count). The van der Waals surface area contributed by atoms with Gasteiger partial charge in [0, 0.05) is 29.3 Å². The van der Waals surface area contributed by atoms with Crippen LogP contribution in [0.2, 0.25) is 0 Å². The van der Waals surface area contributed by atoms with E-state index in [-0.39, 0.29) is 17.9 Å². The van der Waals surface area contributed by atoms with Gasteiger partial charge >= 0.3 is 0 Å². The van der Waals surface area contributed by atoms with Gasteiger partial charge in [-0.25, -0.2) is 0 Å². The van der Waals surface area contributed by atoms with Gasteiger partial charge in [-0.05, 0) is 44.0 Å². The highest BCUT2D eigenvalue weighted by Crippen LogP contribution is 2.32. The molecule has 1 amide bonds. The summed E-state index contributed by atoms with van der Waals surface area (Å²) in [6.07, 6.45) is 1.91. The molecule has 116 valence electrons. The molecule has 1 fully saturated rings. The zero-order valence-corrected chi connectivity index (χ0v) is 14.3. The molecule has 0 bridgehead atoms. The summed E-state index contributed by atoms with van der Waals surface area (Å²) in [5.74, 6) is -0.226. The fourth-order valence-corrected chi connectivity index (χ4v) is 3.35. The van der Waals surface area contributed by atoms with Gasteiger partial charge in [0.05, 0.1) is 5.92 Å². The molecule has 0 radical (unpaired) electrons. The number of rotatable bonds is 5. The first-order chi connectivity index (χ1) is 10.0. The molecule has 0 saturated carbocycles. The van der Waals surface area contributed by atoms with E-state index in [0.717, 1.165) is 36.9 Å². The van der Waals surface area contributed by atoms with Crippen LogP contribution in [-0.4, -0.2) is 25.5 Å². The van der Waals surface area contributed by atoms with Crippen LogP contribution in [0, 0.1) is 5.92 Å². The SMILES string of the molecule is CCNC(C)c1ccc(Br)cc1N1CCCC(C(N)=O)C1. The van der Waals surface area contributed by atoms with E-state index in [1.165, 1.54) is 11.3 Å². The van der Waals surface area contributed by atoms with E-state index in [0.29, 0.717) is 0 Å². The van der Waals surface area contributed by atoms with Crippen molar-refractivity contribution in [2.24, 2.45) is 11.7 Å². The fourth-order valence-electron chi connectivity index (χ4n) is 3.00. The zero-order chi connectivity index (χ0) is 15.4. The highest BCUT2D eigenvalue weighted by molar-refractivity contribution is 9.10. The van der Waals surface area contributed by atoms with Crippen LogP contribution < -0.4 is 16.0 Å². The first kappa shape index (κ1) is 16.3. The van der Waals surface area contributed by atoms with Crippen molar-refractivity contribution in [3.63, 3.8) is 0 Å². The van der Waals surface area contributed by atoms with Crippen LogP contribution in [0.5, 0.6) is 0 Å². The molecule has 2 atom stereocenters.